The molecule has 0 heterocycles. The van der Waals surface area contributed by atoms with E-state index in [9.17, 15) is 15.2 Å². The molecule has 0 fully saturated rings. The Hall–Kier alpha value is -2.05. The van der Waals surface area contributed by atoms with E-state index < -0.39 is 26.4 Å². The molecule has 0 spiro atoms. The van der Waals surface area contributed by atoms with E-state index in [4.69, 9.17) is 11.6 Å². The largest absolute Gasteiger partial charge is 0.390 e. The van der Waals surface area contributed by atoms with Gasteiger partial charge in [-0.3, -0.25) is 10.1 Å². The first-order valence-electron chi connectivity index (χ1n) is 8.71. The Kier molecular flexibility index (Phi) is 5.38. The number of azo groups is 1. The lowest BCUT2D eigenvalue weighted by Gasteiger charge is -2.42. The number of benzene rings is 1. The molecule has 0 saturated carbocycles. The van der Waals surface area contributed by atoms with E-state index in [1.807, 2.05) is 26.8 Å². The number of hydrogen-bond acceptors (Lipinski definition) is 5. The summed E-state index contributed by atoms with van der Waals surface area (Å²) in [4.78, 5) is 10.1. The van der Waals surface area contributed by atoms with E-state index in [2.05, 4.69) is 10.2 Å². The molecular weight excluding hydrogens is 366 g/mol. The van der Waals surface area contributed by atoms with E-state index in [1.54, 1.807) is 51.1 Å². The van der Waals surface area contributed by atoms with Crippen molar-refractivity contribution in [2.75, 3.05) is 0 Å². The summed E-state index contributed by atoms with van der Waals surface area (Å²) in [7, 11) is 0. The van der Waals surface area contributed by atoms with Crippen LogP contribution in [-0.2, 0) is 0 Å². The average Bonchev–Trinajstić information content (AvgIpc) is 2.54. The number of rotatable bonds is 3. The zero-order valence-electron chi connectivity index (χ0n) is 16.5. The van der Waals surface area contributed by atoms with Crippen molar-refractivity contribution < 1.29 is 10.0 Å². The highest BCUT2D eigenvalue weighted by molar-refractivity contribution is 6.27. The van der Waals surface area contributed by atoms with Crippen molar-refractivity contribution in [1.82, 2.24) is 0 Å². The minimum Gasteiger partial charge on any atom is -0.322 e. The van der Waals surface area contributed by atoms with Crippen molar-refractivity contribution in [2.45, 2.75) is 52.1 Å². The van der Waals surface area contributed by atoms with Crippen LogP contribution in [0.2, 0.25) is 0 Å². The summed E-state index contributed by atoms with van der Waals surface area (Å²) in [6.45, 7) is 11.2. The van der Waals surface area contributed by atoms with Gasteiger partial charge in [0.2, 0.25) is 0 Å². The normalized spacial score (nSPS) is 26.7. The lowest BCUT2D eigenvalue weighted by atomic mass is 9.68. The number of allylic oxidation sites excluding steroid dienone is 2. The van der Waals surface area contributed by atoms with Gasteiger partial charge in [-0.05, 0) is 35.1 Å². The molecule has 1 aliphatic rings. The Balaban J connectivity index is 2.72. The summed E-state index contributed by atoms with van der Waals surface area (Å²) in [5, 5.41) is 31.2. The Morgan fingerprint density at radius 3 is 2.04 bits per heavy atom. The Morgan fingerprint density at radius 1 is 1.04 bits per heavy atom. The van der Waals surface area contributed by atoms with Crippen LogP contribution < -0.4 is 0 Å². The van der Waals surface area contributed by atoms with Crippen molar-refractivity contribution >= 4 is 17.3 Å². The Morgan fingerprint density at radius 2 is 1.59 bits per heavy atom. The Labute approximate surface area is 164 Å². The van der Waals surface area contributed by atoms with Crippen LogP contribution in [0.5, 0.6) is 0 Å². The van der Waals surface area contributed by atoms with Crippen LogP contribution in [0.15, 0.2) is 64.0 Å². The summed E-state index contributed by atoms with van der Waals surface area (Å²) in [6, 6.07) is 8.83. The zero-order valence-corrected chi connectivity index (χ0v) is 17.3. The van der Waals surface area contributed by atoms with Crippen molar-refractivity contribution in [3.63, 3.8) is 0 Å². The minimum atomic E-state index is -2.50. The minimum absolute atomic E-state index is 0.186. The fourth-order valence-electron chi connectivity index (χ4n) is 2.86. The van der Waals surface area contributed by atoms with Crippen LogP contribution in [0.4, 0.5) is 5.69 Å². The lowest BCUT2D eigenvalue weighted by Crippen LogP contribution is -2.51. The van der Waals surface area contributed by atoms with Crippen LogP contribution in [0.3, 0.4) is 0 Å². The van der Waals surface area contributed by atoms with E-state index >= 15 is 0 Å². The van der Waals surface area contributed by atoms with Gasteiger partial charge in [0.25, 0.3) is 0 Å². The second kappa shape index (κ2) is 6.84. The van der Waals surface area contributed by atoms with Crippen LogP contribution in [-0.4, -0.2) is 20.6 Å². The van der Waals surface area contributed by atoms with Crippen LogP contribution in [0.25, 0.3) is 0 Å². The highest BCUT2D eigenvalue weighted by atomic mass is 35.5. The maximum absolute atomic E-state index is 11.9. The van der Waals surface area contributed by atoms with Crippen molar-refractivity contribution in [3.05, 3.63) is 63.9 Å². The third-order valence-electron chi connectivity index (χ3n) is 4.69. The van der Waals surface area contributed by atoms with E-state index in [-0.39, 0.29) is 11.3 Å². The van der Waals surface area contributed by atoms with E-state index in [0.717, 1.165) is 0 Å². The summed E-state index contributed by atoms with van der Waals surface area (Å²) in [5.41, 5.74) is -3.17. The maximum Gasteiger partial charge on any atom is 0.390 e. The molecule has 27 heavy (non-hydrogen) atoms. The number of aliphatic hydroxyl groups is 1. The summed E-state index contributed by atoms with van der Waals surface area (Å²) in [5.74, 6) is 0. The first-order valence-corrected chi connectivity index (χ1v) is 9.09. The molecule has 1 aromatic rings. The molecular formula is C20H26ClN3O3. The molecule has 146 valence electrons. The van der Waals surface area contributed by atoms with Gasteiger partial charge in [0.05, 0.1) is 15.5 Å². The maximum atomic E-state index is 11.9. The van der Waals surface area contributed by atoms with Crippen LogP contribution >= 0.6 is 11.6 Å². The monoisotopic (exact) mass is 391 g/mol. The molecule has 0 amide bonds. The van der Waals surface area contributed by atoms with Gasteiger partial charge in [-0.15, -0.1) is 16.7 Å². The highest BCUT2D eigenvalue weighted by Crippen LogP contribution is 2.51. The first kappa shape index (κ1) is 21.3. The van der Waals surface area contributed by atoms with Crippen LogP contribution in [0.1, 0.15) is 41.5 Å². The molecule has 0 aromatic heterocycles. The van der Waals surface area contributed by atoms with Gasteiger partial charge in [-0.25, -0.2) is 0 Å². The van der Waals surface area contributed by atoms with Gasteiger partial charge >= 0.3 is 5.72 Å². The van der Waals surface area contributed by atoms with Gasteiger partial charge in [0.15, 0.2) is 5.70 Å². The smallest absolute Gasteiger partial charge is 0.322 e. The fourth-order valence-corrected chi connectivity index (χ4v) is 3.07. The molecule has 1 aliphatic carbocycles. The molecule has 7 heteroatoms. The van der Waals surface area contributed by atoms with Gasteiger partial charge in [0.1, 0.15) is 0 Å². The molecule has 0 bridgehead atoms. The topological polar surface area (TPSA) is 88.1 Å². The standard InChI is InChI=1S/C20H26ClN3O3/c1-17(2,3)15-12-19(21,18(4,5)6)13-16(20(15,25)24(26)27)23-22-14-10-8-7-9-11-14/h7-13,25H,1-6H3. The second-order valence-corrected chi connectivity index (χ2v) is 9.45. The number of nitrogens with zero attached hydrogens (tertiary/aromatic N) is 3. The highest BCUT2D eigenvalue weighted by Gasteiger charge is 2.59. The molecule has 0 saturated heterocycles. The van der Waals surface area contributed by atoms with Crippen molar-refractivity contribution in [3.8, 4) is 0 Å². The summed E-state index contributed by atoms with van der Waals surface area (Å²) >= 11 is 6.87. The fraction of sp³-hybridized carbons (Fsp3) is 0.500. The molecule has 6 nitrogen and oxygen atoms in total. The van der Waals surface area contributed by atoms with Crippen LogP contribution in [0, 0.1) is 20.9 Å². The number of hydrogen-bond donors (Lipinski definition) is 1. The molecule has 0 radical (unpaired) electrons. The third-order valence-corrected chi connectivity index (χ3v) is 5.47. The predicted octanol–water partition coefficient (Wildman–Crippen LogP) is 5.63. The molecule has 2 unspecified atom stereocenters. The quantitative estimate of drug-likeness (QED) is 0.181. The molecule has 1 aromatic carbocycles. The number of halogens is 1. The van der Waals surface area contributed by atoms with E-state index in [1.165, 1.54) is 6.08 Å². The van der Waals surface area contributed by atoms with Gasteiger partial charge in [-0.2, -0.15) is 5.11 Å². The average molecular weight is 392 g/mol. The third kappa shape index (κ3) is 3.96. The van der Waals surface area contributed by atoms with Gasteiger partial charge in [0, 0.05) is 5.57 Å². The summed E-state index contributed by atoms with van der Waals surface area (Å²) in [6.07, 6.45) is 3.04. The predicted molar refractivity (Wildman–Crippen MR) is 107 cm³/mol. The first-order chi connectivity index (χ1) is 12.2. The number of nitro groups is 1. The van der Waals surface area contributed by atoms with E-state index in [0.29, 0.717) is 5.69 Å². The lowest BCUT2D eigenvalue weighted by molar-refractivity contribution is -0.600. The SMILES string of the molecule is CC(C)(C)C1=CC(Cl)(C(C)(C)C)C=C(N=Nc2ccccc2)C1(O)[N+](=O)[O-]. The summed E-state index contributed by atoms with van der Waals surface area (Å²) < 4.78 is 0. The molecule has 2 atom stereocenters. The Bertz CT molecular complexity index is 819. The second-order valence-electron chi connectivity index (χ2n) is 8.82. The molecule has 0 aliphatic heterocycles. The van der Waals surface area contributed by atoms with Crippen molar-refractivity contribution in [1.29, 1.82) is 0 Å². The molecule has 2 rings (SSSR count). The van der Waals surface area contributed by atoms with Crippen molar-refractivity contribution in [2.24, 2.45) is 21.1 Å². The van der Waals surface area contributed by atoms with Gasteiger partial charge in [-0.1, -0.05) is 59.7 Å². The van der Waals surface area contributed by atoms with Gasteiger partial charge < -0.3 is 5.11 Å². The zero-order chi connectivity index (χ0) is 20.7. The molecule has 1 N–H and O–H groups in total. The number of alkyl halides is 1.